The number of hydrogen-bond donors (Lipinski definition) is 9. The molecular formula is C28H38N10O4. The highest BCUT2D eigenvalue weighted by molar-refractivity contribution is 5.92. The van der Waals surface area contributed by atoms with Gasteiger partial charge in [-0.3, -0.25) is 24.8 Å². The van der Waals surface area contributed by atoms with Crippen LogP contribution in [0.4, 0.5) is 4.79 Å². The fourth-order valence-electron chi connectivity index (χ4n) is 4.25. The Balaban J connectivity index is 1.61. The summed E-state index contributed by atoms with van der Waals surface area (Å²) in [5.74, 6) is -1.74. The van der Waals surface area contributed by atoms with Gasteiger partial charge in [0.2, 0.25) is 11.8 Å². The molecule has 1 heterocycles. The average Bonchev–Trinajstić information content (AvgIpc) is 3.39. The van der Waals surface area contributed by atoms with Gasteiger partial charge in [-0.1, -0.05) is 48.5 Å². The van der Waals surface area contributed by atoms with E-state index in [1.165, 1.54) is 7.05 Å². The van der Waals surface area contributed by atoms with Gasteiger partial charge in [-0.05, 0) is 36.5 Å². The number of guanidine groups is 1. The van der Waals surface area contributed by atoms with Crippen molar-refractivity contribution < 1.29 is 19.2 Å². The number of nitrogens with zero attached hydrogens (tertiary/aromatic N) is 1. The summed E-state index contributed by atoms with van der Waals surface area (Å²) in [6, 6.07) is 12.9. The first-order valence-corrected chi connectivity index (χ1v) is 13.4. The van der Waals surface area contributed by atoms with Crippen molar-refractivity contribution in [3.05, 3.63) is 71.9 Å². The van der Waals surface area contributed by atoms with Crippen molar-refractivity contribution in [2.24, 2.45) is 22.2 Å². The topological polar surface area (TPSA) is 235 Å². The number of carbonyl (C=O) groups excluding carboxylic acids is 4. The summed E-state index contributed by atoms with van der Waals surface area (Å²) in [6.07, 6.45) is 2.75. The Morgan fingerprint density at radius 3 is 2.31 bits per heavy atom. The van der Waals surface area contributed by atoms with Gasteiger partial charge in [-0.25, -0.2) is 10.2 Å². The van der Waals surface area contributed by atoms with Crippen LogP contribution in [0.15, 0.2) is 65.8 Å². The number of urea groups is 1. The van der Waals surface area contributed by atoms with E-state index in [1.54, 1.807) is 6.20 Å². The van der Waals surface area contributed by atoms with Crippen molar-refractivity contribution in [1.29, 1.82) is 0 Å². The number of H-pyrrole nitrogens is 1. The predicted octanol–water partition coefficient (Wildman–Crippen LogP) is -0.736. The smallest absolute Gasteiger partial charge is 0.334 e. The molecular weight excluding hydrogens is 540 g/mol. The number of rotatable bonds is 13. The highest BCUT2D eigenvalue weighted by atomic mass is 16.2. The number of primary amides is 1. The van der Waals surface area contributed by atoms with Gasteiger partial charge >= 0.3 is 6.03 Å². The molecule has 0 fully saturated rings. The molecule has 0 bridgehead atoms. The quantitative estimate of drug-likeness (QED) is 0.0545. The third kappa shape index (κ3) is 9.52. The van der Waals surface area contributed by atoms with Crippen LogP contribution in [0.25, 0.3) is 10.9 Å². The fraction of sp³-hybridized carbons (Fsp3) is 0.321. The highest BCUT2D eigenvalue weighted by Crippen LogP contribution is 2.19. The lowest BCUT2D eigenvalue weighted by molar-refractivity contribution is -0.128. The fourth-order valence-corrected chi connectivity index (χ4v) is 4.25. The van der Waals surface area contributed by atoms with Crippen molar-refractivity contribution in [1.82, 2.24) is 31.8 Å². The Bertz CT molecular complexity index is 1390. The summed E-state index contributed by atoms with van der Waals surface area (Å²) in [6.45, 7) is 0.371. The van der Waals surface area contributed by atoms with Gasteiger partial charge in [0.15, 0.2) is 5.96 Å². The van der Waals surface area contributed by atoms with Gasteiger partial charge < -0.3 is 38.1 Å². The second-order valence-corrected chi connectivity index (χ2v) is 9.64. The zero-order valence-electron chi connectivity index (χ0n) is 23.4. The van der Waals surface area contributed by atoms with Gasteiger partial charge in [0, 0.05) is 37.1 Å². The number of carbonyl (C=O) groups is 4. The number of nitrogens with one attached hydrogen (secondary N) is 6. The molecule has 0 aliphatic heterocycles. The molecule has 0 saturated carbocycles. The van der Waals surface area contributed by atoms with Crippen molar-refractivity contribution in [3.63, 3.8) is 0 Å². The molecule has 3 rings (SSSR count). The van der Waals surface area contributed by atoms with Crippen LogP contribution in [0.1, 0.15) is 24.0 Å². The van der Waals surface area contributed by atoms with Gasteiger partial charge in [0.05, 0.1) is 6.04 Å². The van der Waals surface area contributed by atoms with Crippen LogP contribution in [0.2, 0.25) is 0 Å². The molecule has 0 spiro atoms. The number of aromatic amines is 1. The molecule has 14 nitrogen and oxygen atoms in total. The number of fused-ring (bicyclic) bond motifs is 1. The minimum absolute atomic E-state index is 0.143. The number of amides is 5. The molecule has 3 aromatic rings. The summed E-state index contributed by atoms with van der Waals surface area (Å²) in [4.78, 5) is 57.5. The minimum Gasteiger partial charge on any atom is -0.370 e. The molecule has 3 atom stereocenters. The van der Waals surface area contributed by atoms with E-state index in [9.17, 15) is 19.2 Å². The minimum atomic E-state index is -1.08. The Morgan fingerprint density at radius 1 is 0.881 bits per heavy atom. The molecule has 42 heavy (non-hydrogen) atoms. The van der Waals surface area contributed by atoms with E-state index < -0.39 is 41.9 Å². The number of aromatic nitrogens is 1. The summed E-state index contributed by atoms with van der Waals surface area (Å²) in [5.41, 5.74) is 24.3. The summed E-state index contributed by atoms with van der Waals surface area (Å²) in [5, 5.41) is 8.96. The second-order valence-electron chi connectivity index (χ2n) is 9.64. The maximum absolute atomic E-state index is 13.3. The first-order valence-electron chi connectivity index (χ1n) is 13.4. The number of hydrogen-bond acceptors (Lipinski definition) is 6. The number of hydrazine groups is 1. The number of para-hydroxylation sites is 1. The number of benzene rings is 2. The largest absolute Gasteiger partial charge is 0.370 e. The molecule has 0 aliphatic rings. The van der Waals surface area contributed by atoms with E-state index in [1.807, 2.05) is 54.6 Å². The molecule has 14 heteroatoms. The molecule has 0 unspecified atom stereocenters. The SMILES string of the molecule is CN=C(N)NCCC[C@H](NC(=O)NNC(=O)[C@@H](N)Cc1ccccc1)C(=O)N[C@@H](Cc1c[nH]c2ccccc12)C(N)=O. The normalized spacial score (nSPS) is 13.4. The Labute approximate surface area is 243 Å². The van der Waals surface area contributed by atoms with E-state index in [4.69, 9.17) is 17.2 Å². The van der Waals surface area contributed by atoms with E-state index >= 15 is 0 Å². The lowest BCUT2D eigenvalue weighted by Gasteiger charge is -2.22. The standard InChI is InChI=1S/C28H38N10O4/c1-32-27(31)33-13-7-12-22(36-28(42)38-37-25(40)20(29)14-17-8-3-2-4-9-17)26(41)35-23(24(30)39)15-18-16-34-21-11-6-5-10-19(18)21/h2-6,8-11,16,20,22-23,34H,7,12-15,29H2,1H3,(H2,30,39)(H,35,41)(H,37,40)(H3,31,32,33)(H2,36,38,42)/t20-,22-,23-/m0/s1. The van der Waals surface area contributed by atoms with Crippen molar-refractivity contribution >= 4 is 40.6 Å². The van der Waals surface area contributed by atoms with Crippen LogP contribution in [-0.2, 0) is 27.2 Å². The molecule has 0 aliphatic carbocycles. The third-order valence-corrected chi connectivity index (χ3v) is 6.53. The average molecular weight is 579 g/mol. The van der Waals surface area contributed by atoms with Gasteiger partial charge in [0.25, 0.3) is 5.91 Å². The lowest BCUT2D eigenvalue weighted by Crippen LogP contribution is -2.58. The van der Waals surface area contributed by atoms with Gasteiger partial charge in [-0.15, -0.1) is 0 Å². The summed E-state index contributed by atoms with van der Waals surface area (Å²) in [7, 11) is 1.53. The molecule has 224 valence electrons. The third-order valence-electron chi connectivity index (χ3n) is 6.53. The van der Waals surface area contributed by atoms with Crippen LogP contribution in [-0.4, -0.2) is 66.4 Å². The highest BCUT2D eigenvalue weighted by Gasteiger charge is 2.27. The zero-order chi connectivity index (χ0) is 30.5. The van der Waals surface area contributed by atoms with Crippen LogP contribution in [0, 0.1) is 0 Å². The van der Waals surface area contributed by atoms with Crippen LogP contribution in [0.5, 0.6) is 0 Å². The summed E-state index contributed by atoms with van der Waals surface area (Å²) < 4.78 is 0. The monoisotopic (exact) mass is 578 g/mol. The number of aliphatic imine (C=N–C) groups is 1. The van der Waals surface area contributed by atoms with Crippen molar-refractivity contribution in [2.75, 3.05) is 13.6 Å². The van der Waals surface area contributed by atoms with Crippen molar-refractivity contribution in [3.8, 4) is 0 Å². The first kappa shape index (κ1) is 31.4. The maximum Gasteiger partial charge on any atom is 0.334 e. The first-order chi connectivity index (χ1) is 20.2. The second kappa shape index (κ2) is 15.6. The van der Waals surface area contributed by atoms with Gasteiger partial charge in [0.1, 0.15) is 12.1 Å². The van der Waals surface area contributed by atoms with Crippen LogP contribution >= 0.6 is 0 Å². The Morgan fingerprint density at radius 2 is 1.60 bits per heavy atom. The Kier molecular flexibility index (Phi) is 11.7. The van der Waals surface area contributed by atoms with Crippen molar-refractivity contribution in [2.45, 2.75) is 43.8 Å². The van der Waals surface area contributed by atoms with E-state index in [0.717, 1.165) is 22.0 Å². The van der Waals surface area contributed by atoms with Gasteiger partial charge in [-0.2, -0.15) is 0 Å². The maximum atomic E-state index is 13.3. The van der Waals surface area contributed by atoms with Crippen LogP contribution in [0.3, 0.4) is 0 Å². The number of nitrogens with two attached hydrogens (primary N) is 3. The Hall–Kier alpha value is -5.11. The predicted molar refractivity (Wildman–Crippen MR) is 160 cm³/mol. The molecule has 12 N–H and O–H groups in total. The lowest BCUT2D eigenvalue weighted by atomic mass is 10.0. The van der Waals surface area contributed by atoms with E-state index in [2.05, 4.69) is 36.8 Å². The summed E-state index contributed by atoms with van der Waals surface area (Å²) >= 11 is 0. The molecule has 0 saturated heterocycles. The van der Waals surface area contributed by atoms with E-state index in [-0.39, 0.29) is 25.2 Å². The molecule has 0 radical (unpaired) electrons. The van der Waals surface area contributed by atoms with E-state index in [0.29, 0.717) is 13.0 Å². The molecule has 5 amide bonds. The van der Waals surface area contributed by atoms with Crippen LogP contribution < -0.4 is 44.0 Å². The molecule has 2 aromatic carbocycles. The zero-order valence-corrected chi connectivity index (χ0v) is 23.4. The molecule has 1 aromatic heterocycles.